The molecule has 0 fully saturated rings. The number of rotatable bonds is 8. The van der Waals surface area contributed by atoms with Crippen LogP contribution in [0.15, 0.2) is 57.8 Å². The van der Waals surface area contributed by atoms with E-state index in [-0.39, 0.29) is 11.4 Å². The molecule has 8 heteroatoms. The molecule has 1 heterocycles. The maximum absolute atomic E-state index is 12.3. The number of carboxylic acid groups (broad SMARTS) is 1. The summed E-state index contributed by atoms with van der Waals surface area (Å²) in [5, 5.41) is 9.54. The van der Waals surface area contributed by atoms with Crippen molar-refractivity contribution in [2.45, 2.75) is 18.2 Å². The van der Waals surface area contributed by atoms with Gasteiger partial charge in [0.05, 0.1) is 4.90 Å². The van der Waals surface area contributed by atoms with Gasteiger partial charge in [-0.1, -0.05) is 30.3 Å². The minimum absolute atomic E-state index is 0.201. The number of furan rings is 1. The van der Waals surface area contributed by atoms with Gasteiger partial charge in [0.15, 0.2) is 17.9 Å². The third-order valence-corrected chi connectivity index (χ3v) is 5.53. The second-order valence-electron chi connectivity index (χ2n) is 5.91. The fourth-order valence-electron chi connectivity index (χ4n) is 2.82. The first-order valence-electron chi connectivity index (χ1n) is 8.29. The van der Waals surface area contributed by atoms with Gasteiger partial charge in [-0.3, -0.25) is 0 Å². The molecule has 3 rings (SSSR count). The fraction of sp³-hybridized carbons (Fsp3) is 0.211. The Balaban J connectivity index is 1.77. The van der Waals surface area contributed by atoms with Crippen molar-refractivity contribution >= 4 is 27.0 Å². The number of sulfonamides is 1. The van der Waals surface area contributed by atoms with Crippen LogP contribution < -0.4 is 9.46 Å². The van der Waals surface area contributed by atoms with Crippen molar-refractivity contribution < 1.29 is 27.5 Å². The van der Waals surface area contributed by atoms with Crippen LogP contribution in [0.5, 0.6) is 5.75 Å². The minimum atomic E-state index is -3.58. The Bertz CT molecular complexity index is 1060. The molecule has 0 amide bonds. The number of benzene rings is 2. The van der Waals surface area contributed by atoms with E-state index in [0.29, 0.717) is 23.5 Å². The van der Waals surface area contributed by atoms with Crippen LogP contribution in [0, 0.1) is 6.92 Å². The van der Waals surface area contributed by atoms with Crippen molar-refractivity contribution in [3.05, 3.63) is 59.9 Å². The lowest BCUT2D eigenvalue weighted by Gasteiger charge is -2.07. The Morgan fingerprint density at radius 2 is 1.89 bits per heavy atom. The van der Waals surface area contributed by atoms with Crippen molar-refractivity contribution in [3.63, 3.8) is 0 Å². The number of hydrogen-bond donors (Lipinski definition) is 2. The Kier molecular flexibility index (Phi) is 5.48. The molecule has 2 aromatic carbocycles. The van der Waals surface area contributed by atoms with Gasteiger partial charge in [0.1, 0.15) is 5.76 Å². The van der Waals surface area contributed by atoms with Crippen molar-refractivity contribution in [1.82, 2.24) is 4.72 Å². The molecule has 0 saturated heterocycles. The van der Waals surface area contributed by atoms with E-state index in [4.69, 9.17) is 14.3 Å². The first-order chi connectivity index (χ1) is 12.9. The number of hydrogen-bond acceptors (Lipinski definition) is 5. The van der Waals surface area contributed by atoms with Crippen molar-refractivity contribution in [1.29, 1.82) is 0 Å². The summed E-state index contributed by atoms with van der Waals surface area (Å²) < 4.78 is 38.2. The average molecular weight is 389 g/mol. The number of para-hydroxylation sites is 1. The highest BCUT2D eigenvalue weighted by Gasteiger charge is 2.17. The SMILES string of the molecule is Cc1oc2c(OCC(=O)O)cccc2c1CCNS(=O)(=O)c1ccccc1. The van der Waals surface area contributed by atoms with E-state index in [1.54, 1.807) is 37.3 Å². The number of ether oxygens (including phenoxy) is 1. The molecule has 3 aromatic rings. The van der Waals surface area contributed by atoms with Gasteiger partial charge >= 0.3 is 5.97 Å². The standard InChI is InChI=1S/C19H19NO6S/c1-13-15(10-11-20-27(23,24)14-6-3-2-4-7-14)16-8-5-9-17(19(16)26-13)25-12-18(21)22/h2-9,20H,10-12H2,1H3,(H,21,22). The summed E-state index contributed by atoms with van der Waals surface area (Å²) in [4.78, 5) is 10.9. The monoisotopic (exact) mass is 389 g/mol. The molecule has 1 aromatic heterocycles. The third-order valence-electron chi connectivity index (χ3n) is 4.06. The fourth-order valence-corrected chi connectivity index (χ4v) is 3.87. The Hall–Kier alpha value is -2.84. The van der Waals surface area contributed by atoms with Crippen LogP contribution in [0.3, 0.4) is 0 Å². The molecule has 0 bridgehead atoms. The molecule has 7 nitrogen and oxygen atoms in total. The predicted octanol–water partition coefficient (Wildman–Crippen LogP) is 2.73. The van der Waals surface area contributed by atoms with Gasteiger partial charge < -0.3 is 14.3 Å². The summed E-state index contributed by atoms with van der Waals surface area (Å²) in [7, 11) is -3.58. The lowest BCUT2D eigenvalue weighted by atomic mass is 10.1. The highest BCUT2D eigenvalue weighted by atomic mass is 32.2. The second kappa shape index (κ2) is 7.81. The van der Waals surface area contributed by atoms with Gasteiger partial charge in [-0.25, -0.2) is 17.9 Å². The number of aryl methyl sites for hydroxylation is 1. The Morgan fingerprint density at radius 1 is 1.15 bits per heavy atom. The molecular formula is C19H19NO6S. The van der Waals surface area contributed by atoms with Gasteiger partial charge in [0.2, 0.25) is 10.0 Å². The van der Waals surface area contributed by atoms with E-state index in [0.717, 1.165) is 10.9 Å². The highest BCUT2D eigenvalue weighted by Crippen LogP contribution is 2.32. The van der Waals surface area contributed by atoms with Gasteiger partial charge in [0, 0.05) is 17.5 Å². The summed E-state index contributed by atoms with van der Waals surface area (Å²) in [6, 6.07) is 13.4. The normalized spacial score (nSPS) is 11.6. The molecule has 0 spiro atoms. The minimum Gasteiger partial charge on any atom is -0.479 e. The Labute approximate surface area is 156 Å². The summed E-state index contributed by atoms with van der Waals surface area (Å²) in [6.45, 7) is 1.51. The van der Waals surface area contributed by atoms with Gasteiger partial charge in [0.25, 0.3) is 0 Å². The zero-order chi connectivity index (χ0) is 19.4. The molecule has 142 valence electrons. The smallest absolute Gasteiger partial charge is 0.341 e. The number of carbonyl (C=O) groups is 1. The van der Waals surface area contributed by atoms with Crippen molar-refractivity contribution in [2.75, 3.05) is 13.2 Å². The lowest BCUT2D eigenvalue weighted by Crippen LogP contribution is -2.26. The maximum Gasteiger partial charge on any atom is 0.341 e. The number of fused-ring (bicyclic) bond motifs is 1. The average Bonchev–Trinajstić information content (AvgIpc) is 2.97. The highest BCUT2D eigenvalue weighted by molar-refractivity contribution is 7.89. The molecule has 0 unspecified atom stereocenters. The van der Waals surface area contributed by atoms with Gasteiger partial charge in [-0.2, -0.15) is 0 Å². The molecule has 0 aliphatic heterocycles. The maximum atomic E-state index is 12.3. The topological polar surface area (TPSA) is 106 Å². The molecule has 0 aliphatic carbocycles. The summed E-state index contributed by atoms with van der Waals surface area (Å²) in [6.07, 6.45) is 0.424. The molecule has 0 atom stereocenters. The van der Waals surface area contributed by atoms with Crippen LogP contribution in [-0.2, 0) is 21.2 Å². The second-order valence-corrected chi connectivity index (χ2v) is 7.68. The van der Waals surface area contributed by atoms with Gasteiger partial charge in [-0.05, 0) is 31.5 Å². The van der Waals surface area contributed by atoms with Crippen LogP contribution in [-0.4, -0.2) is 32.6 Å². The predicted molar refractivity (Wildman–Crippen MR) is 99.4 cm³/mol. The van der Waals surface area contributed by atoms with E-state index in [2.05, 4.69) is 4.72 Å². The Morgan fingerprint density at radius 3 is 2.59 bits per heavy atom. The molecule has 27 heavy (non-hydrogen) atoms. The molecule has 0 aliphatic rings. The van der Waals surface area contributed by atoms with Crippen molar-refractivity contribution in [3.8, 4) is 5.75 Å². The summed E-state index contributed by atoms with van der Waals surface area (Å²) in [5.74, 6) is -0.102. The van der Waals surface area contributed by atoms with Crippen LogP contribution in [0.2, 0.25) is 0 Å². The number of carboxylic acids is 1. The summed E-state index contributed by atoms with van der Waals surface area (Å²) in [5.41, 5.74) is 1.30. The van der Waals surface area contributed by atoms with Gasteiger partial charge in [-0.15, -0.1) is 0 Å². The van der Waals surface area contributed by atoms with Crippen LogP contribution in [0.4, 0.5) is 0 Å². The van der Waals surface area contributed by atoms with Crippen LogP contribution in [0.25, 0.3) is 11.0 Å². The van der Waals surface area contributed by atoms with E-state index in [9.17, 15) is 13.2 Å². The molecule has 0 saturated carbocycles. The van der Waals surface area contributed by atoms with E-state index >= 15 is 0 Å². The van der Waals surface area contributed by atoms with Crippen molar-refractivity contribution in [2.24, 2.45) is 0 Å². The lowest BCUT2D eigenvalue weighted by molar-refractivity contribution is -0.139. The zero-order valence-electron chi connectivity index (χ0n) is 14.6. The summed E-state index contributed by atoms with van der Waals surface area (Å²) >= 11 is 0. The number of nitrogens with one attached hydrogen (secondary N) is 1. The van der Waals surface area contributed by atoms with E-state index in [1.165, 1.54) is 12.1 Å². The third kappa shape index (κ3) is 4.29. The number of aliphatic carboxylic acids is 1. The molecule has 2 N–H and O–H groups in total. The van der Waals surface area contributed by atoms with E-state index in [1.807, 2.05) is 6.07 Å². The first kappa shape index (κ1) is 18.9. The molecule has 0 radical (unpaired) electrons. The quantitative estimate of drug-likeness (QED) is 0.614. The largest absolute Gasteiger partial charge is 0.479 e. The molecular weight excluding hydrogens is 370 g/mol. The van der Waals surface area contributed by atoms with Crippen LogP contribution in [0.1, 0.15) is 11.3 Å². The van der Waals surface area contributed by atoms with E-state index < -0.39 is 22.6 Å². The van der Waals surface area contributed by atoms with Crippen LogP contribution >= 0.6 is 0 Å². The zero-order valence-corrected chi connectivity index (χ0v) is 15.5. The first-order valence-corrected chi connectivity index (χ1v) is 9.77.